The lowest BCUT2D eigenvalue weighted by Crippen LogP contribution is -2.48. The van der Waals surface area contributed by atoms with Crippen molar-refractivity contribution in [3.8, 4) is 0 Å². The van der Waals surface area contributed by atoms with Crippen LogP contribution in [0.15, 0.2) is 29.2 Å². The fourth-order valence-corrected chi connectivity index (χ4v) is 5.47. The highest BCUT2D eigenvalue weighted by Gasteiger charge is 2.39. The number of amides is 1. The number of nitrogens with zero attached hydrogens (tertiary/aromatic N) is 1. The summed E-state index contributed by atoms with van der Waals surface area (Å²) < 4.78 is 0. The standard InChI is InChI=1S/C18H24N2OS/c21-17(15-13-22-16-4-2-1-3-14(15)16)20-11-7-18(8-12-20)5-9-19-10-6-18/h1-4,15,19H,5-13H2. The molecule has 0 aromatic heterocycles. The maximum absolute atomic E-state index is 12.9. The highest BCUT2D eigenvalue weighted by atomic mass is 32.2. The second-order valence-electron chi connectivity index (χ2n) is 6.98. The number of hydrogen-bond donors (Lipinski definition) is 1. The normalized spacial score (nSPS) is 26.9. The van der Waals surface area contributed by atoms with Crippen LogP contribution in [0, 0.1) is 5.41 Å². The maximum atomic E-state index is 12.9. The van der Waals surface area contributed by atoms with Crippen LogP contribution < -0.4 is 5.32 Å². The Morgan fingerprint density at radius 1 is 1.14 bits per heavy atom. The van der Waals surface area contributed by atoms with E-state index in [-0.39, 0.29) is 5.92 Å². The third-order valence-corrected chi connectivity index (χ3v) is 6.98. The molecule has 1 aromatic rings. The van der Waals surface area contributed by atoms with Crippen molar-refractivity contribution < 1.29 is 4.79 Å². The Hall–Kier alpha value is -1.00. The maximum Gasteiger partial charge on any atom is 0.231 e. The van der Waals surface area contributed by atoms with Crippen LogP contribution in [0.5, 0.6) is 0 Å². The molecule has 1 N–H and O–H groups in total. The summed E-state index contributed by atoms with van der Waals surface area (Å²) in [5.41, 5.74) is 1.77. The van der Waals surface area contributed by atoms with Gasteiger partial charge in [-0.2, -0.15) is 0 Å². The Labute approximate surface area is 136 Å². The molecule has 0 radical (unpaired) electrons. The number of likely N-dealkylation sites (tertiary alicyclic amines) is 1. The number of rotatable bonds is 1. The highest BCUT2D eigenvalue weighted by molar-refractivity contribution is 7.99. The summed E-state index contributed by atoms with van der Waals surface area (Å²) >= 11 is 1.83. The Balaban J connectivity index is 1.43. The molecule has 3 nitrogen and oxygen atoms in total. The molecule has 2 saturated heterocycles. The van der Waals surface area contributed by atoms with E-state index >= 15 is 0 Å². The van der Waals surface area contributed by atoms with Gasteiger partial charge >= 0.3 is 0 Å². The van der Waals surface area contributed by atoms with Crippen LogP contribution in [-0.4, -0.2) is 42.7 Å². The smallest absolute Gasteiger partial charge is 0.231 e. The van der Waals surface area contributed by atoms with Gasteiger partial charge in [0.05, 0.1) is 5.92 Å². The van der Waals surface area contributed by atoms with Gasteiger partial charge in [0.1, 0.15) is 0 Å². The molecule has 0 bridgehead atoms. The van der Waals surface area contributed by atoms with E-state index in [1.54, 1.807) is 0 Å². The Bertz CT molecular complexity index is 558. The minimum absolute atomic E-state index is 0.0864. The van der Waals surface area contributed by atoms with Crippen molar-refractivity contribution in [1.29, 1.82) is 0 Å². The second-order valence-corrected chi connectivity index (χ2v) is 8.04. The Morgan fingerprint density at radius 2 is 1.86 bits per heavy atom. The van der Waals surface area contributed by atoms with Gasteiger partial charge in [0.2, 0.25) is 5.91 Å². The topological polar surface area (TPSA) is 32.3 Å². The van der Waals surface area contributed by atoms with E-state index in [9.17, 15) is 4.79 Å². The molecule has 1 atom stereocenters. The molecule has 22 heavy (non-hydrogen) atoms. The molecular formula is C18H24N2OS. The predicted molar refractivity (Wildman–Crippen MR) is 90.3 cm³/mol. The number of nitrogens with one attached hydrogen (secondary N) is 1. The predicted octanol–water partition coefficient (Wildman–Crippen LogP) is 2.87. The van der Waals surface area contributed by atoms with Gasteiger partial charge in [0.15, 0.2) is 0 Å². The summed E-state index contributed by atoms with van der Waals surface area (Å²) in [6, 6.07) is 8.41. The summed E-state index contributed by atoms with van der Waals surface area (Å²) in [4.78, 5) is 16.4. The summed E-state index contributed by atoms with van der Waals surface area (Å²) in [5.74, 6) is 1.37. The molecule has 4 heteroatoms. The molecule has 3 heterocycles. The van der Waals surface area contributed by atoms with Crippen molar-refractivity contribution in [2.45, 2.75) is 36.5 Å². The fourth-order valence-electron chi connectivity index (χ4n) is 4.25. The number of benzene rings is 1. The molecule has 1 spiro atoms. The van der Waals surface area contributed by atoms with Crippen LogP contribution in [0.4, 0.5) is 0 Å². The first-order valence-corrected chi connectivity index (χ1v) is 9.47. The number of thioether (sulfide) groups is 1. The lowest BCUT2D eigenvalue weighted by molar-refractivity contribution is -0.134. The van der Waals surface area contributed by atoms with E-state index in [1.165, 1.54) is 36.1 Å². The molecule has 118 valence electrons. The molecule has 3 aliphatic rings. The average molecular weight is 316 g/mol. The molecule has 3 aliphatic heterocycles. The molecular weight excluding hydrogens is 292 g/mol. The van der Waals surface area contributed by atoms with Crippen molar-refractivity contribution in [2.24, 2.45) is 5.41 Å². The van der Waals surface area contributed by atoms with E-state index in [0.29, 0.717) is 11.3 Å². The number of fused-ring (bicyclic) bond motifs is 1. The van der Waals surface area contributed by atoms with Crippen molar-refractivity contribution in [1.82, 2.24) is 10.2 Å². The highest BCUT2D eigenvalue weighted by Crippen LogP contribution is 2.43. The molecule has 2 fully saturated rings. The largest absolute Gasteiger partial charge is 0.342 e. The van der Waals surface area contributed by atoms with Gasteiger partial charge in [-0.15, -0.1) is 11.8 Å². The van der Waals surface area contributed by atoms with Crippen LogP contribution in [0.3, 0.4) is 0 Å². The first-order valence-electron chi connectivity index (χ1n) is 8.49. The van der Waals surface area contributed by atoms with Crippen molar-refractivity contribution >= 4 is 17.7 Å². The molecule has 1 amide bonds. The number of hydrogen-bond acceptors (Lipinski definition) is 3. The van der Waals surface area contributed by atoms with E-state index < -0.39 is 0 Å². The van der Waals surface area contributed by atoms with E-state index in [4.69, 9.17) is 0 Å². The van der Waals surface area contributed by atoms with Crippen LogP contribution in [0.25, 0.3) is 0 Å². The third kappa shape index (κ3) is 2.56. The first-order chi connectivity index (χ1) is 10.8. The van der Waals surface area contributed by atoms with Crippen molar-refractivity contribution in [3.63, 3.8) is 0 Å². The summed E-state index contributed by atoms with van der Waals surface area (Å²) in [6.45, 7) is 4.23. The van der Waals surface area contributed by atoms with E-state index in [1.807, 2.05) is 11.8 Å². The van der Waals surface area contributed by atoms with Gasteiger partial charge in [-0.05, 0) is 55.8 Å². The van der Waals surface area contributed by atoms with Crippen LogP contribution in [0.1, 0.15) is 37.2 Å². The number of carbonyl (C=O) groups is 1. The fraction of sp³-hybridized carbons (Fsp3) is 0.611. The van der Waals surface area contributed by atoms with Crippen LogP contribution >= 0.6 is 11.8 Å². The van der Waals surface area contributed by atoms with Gasteiger partial charge in [0.25, 0.3) is 0 Å². The minimum Gasteiger partial charge on any atom is -0.342 e. The lowest BCUT2D eigenvalue weighted by Gasteiger charge is -2.45. The summed E-state index contributed by atoms with van der Waals surface area (Å²) in [7, 11) is 0. The quantitative estimate of drug-likeness (QED) is 0.865. The van der Waals surface area contributed by atoms with Crippen LogP contribution in [0.2, 0.25) is 0 Å². The molecule has 0 aliphatic carbocycles. The van der Waals surface area contributed by atoms with Crippen molar-refractivity contribution in [3.05, 3.63) is 29.8 Å². The molecule has 1 unspecified atom stereocenters. The van der Waals surface area contributed by atoms with Gasteiger partial charge < -0.3 is 10.2 Å². The second kappa shape index (κ2) is 5.89. The molecule has 1 aromatic carbocycles. The Kier molecular flexibility index (Phi) is 3.91. The van der Waals surface area contributed by atoms with Gasteiger partial charge in [-0.25, -0.2) is 0 Å². The SMILES string of the molecule is O=C(C1CSc2ccccc21)N1CCC2(CCNCC2)CC1. The van der Waals surface area contributed by atoms with E-state index in [2.05, 4.69) is 34.5 Å². The molecule has 4 rings (SSSR count). The molecule has 0 saturated carbocycles. The van der Waals surface area contributed by atoms with Gasteiger partial charge in [-0.3, -0.25) is 4.79 Å². The minimum atomic E-state index is 0.0864. The third-order valence-electron chi connectivity index (χ3n) is 5.80. The monoisotopic (exact) mass is 316 g/mol. The summed E-state index contributed by atoms with van der Waals surface area (Å²) in [5, 5.41) is 3.46. The number of carbonyl (C=O) groups excluding carboxylic acids is 1. The first kappa shape index (κ1) is 14.6. The number of piperidine rings is 2. The summed E-state index contributed by atoms with van der Waals surface area (Å²) in [6.07, 6.45) is 4.97. The van der Waals surface area contributed by atoms with E-state index in [0.717, 1.165) is 31.9 Å². The zero-order valence-corrected chi connectivity index (χ0v) is 13.8. The zero-order chi connectivity index (χ0) is 15.0. The van der Waals surface area contributed by atoms with Crippen LogP contribution in [-0.2, 0) is 4.79 Å². The van der Waals surface area contributed by atoms with Gasteiger partial charge in [-0.1, -0.05) is 18.2 Å². The zero-order valence-electron chi connectivity index (χ0n) is 13.0. The Morgan fingerprint density at radius 3 is 2.64 bits per heavy atom. The van der Waals surface area contributed by atoms with Gasteiger partial charge in [0, 0.05) is 23.7 Å². The average Bonchev–Trinajstić information content (AvgIpc) is 3.00. The lowest BCUT2D eigenvalue weighted by atomic mass is 9.71. The van der Waals surface area contributed by atoms with Crippen molar-refractivity contribution in [2.75, 3.05) is 31.9 Å².